The number of aliphatic hydroxyl groups excluding tert-OH is 1. The molecule has 3 rings (SSSR count). The maximum Gasteiger partial charge on any atom is 0.490 e. The van der Waals surface area contributed by atoms with Crippen LogP contribution < -0.4 is 11.2 Å². The van der Waals surface area contributed by atoms with Gasteiger partial charge in [0.1, 0.15) is 17.3 Å². The van der Waals surface area contributed by atoms with Gasteiger partial charge in [-0.25, -0.2) is 18.5 Å². The zero-order valence-corrected chi connectivity index (χ0v) is 18.9. The van der Waals surface area contributed by atoms with Crippen LogP contribution in [0, 0.1) is 6.92 Å². The van der Waals surface area contributed by atoms with Crippen LogP contribution in [0.15, 0.2) is 15.8 Å². The standard InChI is InChI=1S/C12H19N2O15P3/c1-6-3-14(10(17)13-7(6)15)9-11(2)8(16)12(27-9,4-25-11)5-26-31(21,22)29-32(23,24)28-30(18,19)20/h3,8-9,16H,4-5H2,1-2H3,(H,21,22)(H,23,24)(H,13,15,17)(H2,18,19,20)/t8-,9+,11+,12+/m0/s1. The summed E-state index contributed by atoms with van der Waals surface area (Å²) in [5, 5.41) is 10.7. The SMILES string of the molecule is Cc1cn([C@@H]2O[C@@]3(COP(=O)(O)OP(=O)(O)OP(=O)(O)O)CO[C@]2(C)[C@@H]3O)c(=O)[nH]c1=O. The highest BCUT2D eigenvalue weighted by Crippen LogP contribution is 2.66. The first-order valence-corrected chi connectivity index (χ1v) is 13.0. The number of nitrogens with one attached hydrogen (secondary N) is 1. The Labute approximate surface area is 177 Å². The highest BCUT2D eigenvalue weighted by Gasteiger charge is 2.69. The van der Waals surface area contributed by atoms with Crippen LogP contribution in [0.5, 0.6) is 0 Å². The molecule has 17 nitrogen and oxygen atoms in total. The lowest BCUT2D eigenvalue weighted by molar-refractivity contribution is -0.212. The molecule has 0 radical (unpaired) electrons. The second-order valence-corrected chi connectivity index (χ2v) is 11.7. The maximum atomic E-state index is 12.2. The lowest BCUT2D eigenvalue weighted by Crippen LogP contribution is -2.46. The molecule has 6 N–H and O–H groups in total. The van der Waals surface area contributed by atoms with Gasteiger partial charge in [0.25, 0.3) is 5.56 Å². The number of aromatic nitrogens is 2. The first-order valence-electron chi connectivity index (χ1n) is 8.50. The molecule has 20 heteroatoms. The summed E-state index contributed by atoms with van der Waals surface area (Å²) in [4.78, 5) is 61.8. The summed E-state index contributed by atoms with van der Waals surface area (Å²) in [5.41, 5.74) is -4.85. The third-order valence-electron chi connectivity index (χ3n) is 4.79. The molecule has 0 spiro atoms. The van der Waals surface area contributed by atoms with Gasteiger partial charge in [0.2, 0.25) is 0 Å². The van der Waals surface area contributed by atoms with E-state index in [1.54, 1.807) is 0 Å². The molecule has 2 unspecified atom stereocenters. The van der Waals surface area contributed by atoms with Crippen molar-refractivity contribution in [3.63, 3.8) is 0 Å². The van der Waals surface area contributed by atoms with E-state index >= 15 is 0 Å². The Kier molecular flexibility index (Phi) is 6.42. The Morgan fingerprint density at radius 2 is 1.81 bits per heavy atom. The average Bonchev–Trinajstić information content (AvgIpc) is 2.97. The number of fused-ring (bicyclic) bond motifs is 2. The summed E-state index contributed by atoms with van der Waals surface area (Å²) in [5.74, 6) is 0. The molecular formula is C12H19N2O15P3. The van der Waals surface area contributed by atoms with E-state index in [2.05, 4.69) is 18.1 Å². The smallest absolute Gasteiger partial charge is 0.387 e. The van der Waals surface area contributed by atoms with Gasteiger partial charge in [0.15, 0.2) is 6.23 Å². The highest BCUT2D eigenvalue weighted by atomic mass is 31.3. The summed E-state index contributed by atoms with van der Waals surface area (Å²) in [6.07, 6.45) is -1.73. The number of H-pyrrole nitrogens is 1. The maximum absolute atomic E-state index is 12.2. The van der Waals surface area contributed by atoms with Crippen LogP contribution in [0.25, 0.3) is 0 Å². The first kappa shape index (κ1) is 25.6. The van der Waals surface area contributed by atoms with E-state index in [1.165, 1.54) is 13.8 Å². The largest absolute Gasteiger partial charge is 0.490 e. The summed E-state index contributed by atoms with van der Waals surface area (Å²) >= 11 is 0. The van der Waals surface area contributed by atoms with Crippen LogP contribution in [-0.4, -0.2) is 64.8 Å². The van der Waals surface area contributed by atoms with Gasteiger partial charge in [-0.1, -0.05) is 0 Å². The van der Waals surface area contributed by atoms with Gasteiger partial charge in [-0.05, 0) is 13.8 Å². The topological polar surface area (TPSA) is 253 Å². The molecule has 3 heterocycles. The molecule has 0 aliphatic carbocycles. The van der Waals surface area contributed by atoms with E-state index in [9.17, 15) is 38.2 Å². The van der Waals surface area contributed by atoms with Gasteiger partial charge in [-0.15, -0.1) is 0 Å². The third kappa shape index (κ3) is 4.91. The predicted octanol–water partition coefficient (Wildman–Crippen LogP) is -1.39. The Morgan fingerprint density at radius 3 is 2.41 bits per heavy atom. The quantitative estimate of drug-likeness (QED) is 0.214. The van der Waals surface area contributed by atoms with Gasteiger partial charge in [0, 0.05) is 11.8 Å². The summed E-state index contributed by atoms with van der Waals surface area (Å²) in [6, 6.07) is 0. The Morgan fingerprint density at radius 1 is 1.19 bits per heavy atom. The van der Waals surface area contributed by atoms with E-state index in [0.717, 1.165) is 10.8 Å². The van der Waals surface area contributed by atoms with Crippen molar-refractivity contribution in [2.45, 2.75) is 37.4 Å². The zero-order chi connectivity index (χ0) is 24.3. The lowest BCUT2D eigenvalue weighted by atomic mass is 9.92. The minimum atomic E-state index is -5.74. The van der Waals surface area contributed by atoms with Crippen molar-refractivity contribution in [3.05, 3.63) is 32.6 Å². The van der Waals surface area contributed by atoms with E-state index in [0.29, 0.717) is 0 Å². The molecule has 0 aromatic carbocycles. The number of rotatable bonds is 8. The summed E-state index contributed by atoms with van der Waals surface area (Å²) in [7, 11) is -16.8. The van der Waals surface area contributed by atoms with Crippen LogP contribution in [0.4, 0.5) is 0 Å². The number of nitrogens with zero attached hydrogens (tertiary/aromatic N) is 1. The molecule has 32 heavy (non-hydrogen) atoms. The van der Waals surface area contributed by atoms with Crippen molar-refractivity contribution in [2.24, 2.45) is 0 Å². The molecule has 0 saturated carbocycles. The molecule has 2 fully saturated rings. The molecule has 6 atom stereocenters. The fourth-order valence-electron chi connectivity index (χ4n) is 3.34. The van der Waals surface area contributed by atoms with E-state index in [1.807, 2.05) is 0 Å². The summed E-state index contributed by atoms with van der Waals surface area (Å²) < 4.78 is 58.1. The minimum absolute atomic E-state index is 0.136. The number of phosphoric ester groups is 1. The molecule has 2 saturated heterocycles. The Hall–Kier alpha value is -1.03. The first-order chi connectivity index (χ1) is 14.4. The molecule has 2 aliphatic rings. The number of ether oxygens (including phenoxy) is 2. The molecular weight excluding hydrogens is 505 g/mol. The fourth-order valence-corrected chi connectivity index (χ4v) is 6.42. The number of aromatic amines is 1. The van der Waals surface area contributed by atoms with Crippen molar-refractivity contribution in [3.8, 4) is 0 Å². The number of aliphatic hydroxyl groups is 1. The highest BCUT2D eigenvalue weighted by molar-refractivity contribution is 7.66. The fraction of sp³-hybridized carbons (Fsp3) is 0.667. The van der Waals surface area contributed by atoms with Crippen molar-refractivity contribution in [1.82, 2.24) is 9.55 Å². The lowest BCUT2D eigenvalue weighted by Gasteiger charge is -2.34. The number of phosphoric acid groups is 3. The zero-order valence-electron chi connectivity index (χ0n) is 16.3. The Balaban J connectivity index is 1.81. The number of hydrogen-bond donors (Lipinski definition) is 6. The van der Waals surface area contributed by atoms with E-state index < -0.39 is 71.5 Å². The van der Waals surface area contributed by atoms with E-state index in [4.69, 9.17) is 19.3 Å². The molecule has 2 aliphatic heterocycles. The van der Waals surface area contributed by atoms with Gasteiger partial charge in [-0.3, -0.25) is 18.9 Å². The molecule has 182 valence electrons. The van der Waals surface area contributed by atoms with Crippen LogP contribution in [0.2, 0.25) is 0 Å². The third-order valence-corrected chi connectivity index (χ3v) is 8.57. The van der Waals surface area contributed by atoms with Gasteiger partial charge in [-0.2, -0.15) is 8.62 Å². The predicted molar refractivity (Wildman–Crippen MR) is 99.1 cm³/mol. The normalized spacial score (nSPS) is 33.7. The van der Waals surface area contributed by atoms with Gasteiger partial charge in [0.05, 0.1) is 13.2 Å². The Bertz CT molecular complexity index is 1170. The van der Waals surface area contributed by atoms with Crippen LogP contribution in [0.3, 0.4) is 0 Å². The van der Waals surface area contributed by atoms with Crippen molar-refractivity contribution in [2.75, 3.05) is 13.2 Å². The van der Waals surface area contributed by atoms with Gasteiger partial charge >= 0.3 is 29.2 Å². The monoisotopic (exact) mass is 524 g/mol. The second-order valence-electron chi connectivity index (χ2n) is 7.25. The molecule has 1 aromatic rings. The van der Waals surface area contributed by atoms with Crippen molar-refractivity contribution < 1.29 is 61.0 Å². The number of hydrogen-bond acceptors (Lipinski definition) is 11. The van der Waals surface area contributed by atoms with E-state index in [-0.39, 0.29) is 5.56 Å². The van der Waals surface area contributed by atoms with Crippen LogP contribution in [-0.2, 0) is 36.3 Å². The second kappa shape index (κ2) is 8.03. The summed E-state index contributed by atoms with van der Waals surface area (Å²) in [6.45, 7) is 1.39. The average molecular weight is 524 g/mol. The molecule has 1 aromatic heterocycles. The van der Waals surface area contributed by atoms with Crippen LogP contribution >= 0.6 is 23.5 Å². The van der Waals surface area contributed by atoms with Crippen LogP contribution in [0.1, 0.15) is 18.7 Å². The minimum Gasteiger partial charge on any atom is -0.387 e. The number of aryl methyl sites for hydroxylation is 1. The van der Waals surface area contributed by atoms with Crippen molar-refractivity contribution in [1.29, 1.82) is 0 Å². The van der Waals surface area contributed by atoms with Gasteiger partial charge < -0.3 is 34.2 Å². The molecule has 0 amide bonds. The van der Waals surface area contributed by atoms with Crippen molar-refractivity contribution >= 4 is 23.5 Å². The molecule has 2 bridgehead atoms.